The fourth-order valence-electron chi connectivity index (χ4n) is 10.1. The molecule has 62 heavy (non-hydrogen) atoms. The summed E-state index contributed by atoms with van der Waals surface area (Å²) in [5.41, 5.74) is 23.8. The minimum Gasteiger partial charge on any atom is -0.355 e. The van der Waals surface area contributed by atoms with Gasteiger partial charge < -0.3 is 10.2 Å². The van der Waals surface area contributed by atoms with Gasteiger partial charge in [-0.05, 0) is 126 Å². The molecule has 8 aromatic carbocycles. The van der Waals surface area contributed by atoms with Crippen LogP contribution in [0.3, 0.4) is 0 Å². The number of fused-ring (bicyclic) bond motifs is 6. The second-order valence-corrected chi connectivity index (χ2v) is 19.9. The van der Waals surface area contributed by atoms with Crippen LogP contribution in [0, 0.1) is 0 Å². The van der Waals surface area contributed by atoms with E-state index < -0.39 is 0 Å². The summed E-state index contributed by atoms with van der Waals surface area (Å²) in [4.78, 5) is 2.59. The fourth-order valence-corrected chi connectivity index (χ4v) is 10.1. The van der Waals surface area contributed by atoms with E-state index >= 15 is 0 Å². The summed E-state index contributed by atoms with van der Waals surface area (Å²) in [6.07, 6.45) is 0.805. The number of rotatable bonds is 6. The zero-order valence-electron chi connectivity index (χ0n) is 37.4. The molecule has 0 radical (unpaired) electrons. The molecular weight excluding hydrogens is 749 g/mol. The highest BCUT2D eigenvalue weighted by molar-refractivity contribution is 5.99. The van der Waals surface area contributed by atoms with Crippen LogP contribution in [0.5, 0.6) is 0 Å². The lowest BCUT2D eigenvalue weighted by molar-refractivity contribution is 0.590. The van der Waals surface area contributed by atoms with Gasteiger partial charge in [0.15, 0.2) is 0 Å². The Morgan fingerprint density at radius 2 is 1.05 bits per heavy atom. The standard InChI is InChI=1S/C60H56N2/c1-58(2,3)42-27-30-44(31-28-42)61-53-33-29-43(59(4,5)6)37-49(53)48-35-41(39-19-11-9-12-20-39)36-56-50(48)38-51-55(34-32-47-46-24-15-17-25-52(46)60(7,8)57(47)51)62(56)54-26-18-16-23-45(54)40-21-13-10-14-22-40/h9-37,61H,38H2,1-8H3. The van der Waals surface area contributed by atoms with Crippen molar-refractivity contribution in [2.75, 3.05) is 10.2 Å². The van der Waals surface area contributed by atoms with Crippen molar-refractivity contribution < 1.29 is 0 Å². The van der Waals surface area contributed by atoms with E-state index in [2.05, 4.69) is 242 Å². The monoisotopic (exact) mass is 804 g/mol. The summed E-state index contributed by atoms with van der Waals surface area (Å²) in [5, 5.41) is 3.94. The number of nitrogens with zero attached hydrogens (tertiary/aromatic N) is 1. The van der Waals surface area contributed by atoms with Gasteiger partial charge in [-0.1, -0.05) is 183 Å². The van der Waals surface area contributed by atoms with Crippen molar-refractivity contribution in [3.8, 4) is 44.5 Å². The average molecular weight is 805 g/mol. The number of nitrogens with one attached hydrogen (secondary N) is 1. The summed E-state index contributed by atoms with van der Waals surface area (Å²) in [6, 6.07) is 65.6. The van der Waals surface area contributed by atoms with Gasteiger partial charge in [0.05, 0.1) is 17.1 Å². The Balaban J connectivity index is 1.28. The number of benzene rings is 8. The molecule has 1 N–H and O–H groups in total. The van der Waals surface area contributed by atoms with Crippen LogP contribution >= 0.6 is 0 Å². The first-order chi connectivity index (χ1) is 29.8. The lowest BCUT2D eigenvalue weighted by atomic mass is 9.76. The molecule has 1 heterocycles. The second kappa shape index (κ2) is 14.8. The van der Waals surface area contributed by atoms with Gasteiger partial charge >= 0.3 is 0 Å². The van der Waals surface area contributed by atoms with Gasteiger partial charge in [-0.2, -0.15) is 0 Å². The van der Waals surface area contributed by atoms with E-state index in [1.54, 1.807) is 0 Å². The first kappa shape index (κ1) is 39.5. The van der Waals surface area contributed by atoms with Crippen molar-refractivity contribution in [2.24, 2.45) is 0 Å². The molecule has 8 aromatic rings. The molecule has 0 fully saturated rings. The minimum atomic E-state index is -0.179. The Morgan fingerprint density at radius 1 is 0.435 bits per heavy atom. The van der Waals surface area contributed by atoms with E-state index in [1.807, 2.05) is 0 Å². The molecule has 0 aromatic heterocycles. The van der Waals surface area contributed by atoms with Gasteiger partial charge in [0.25, 0.3) is 0 Å². The van der Waals surface area contributed by atoms with Crippen LogP contribution in [0.2, 0.25) is 0 Å². The van der Waals surface area contributed by atoms with E-state index in [9.17, 15) is 0 Å². The lowest BCUT2D eigenvalue weighted by Crippen LogP contribution is -2.25. The van der Waals surface area contributed by atoms with Crippen LogP contribution in [-0.2, 0) is 22.7 Å². The van der Waals surface area contributed by atoms with Crippen LogP contribution in [-0.4, -0.2) is 0 Å². The van der Waals surface area contributed by atoms with Crippen molar-refractivity contribution in [3.63, 3.8) is 0 Å². The fraction of sp³-hybridized carbons (Fsp3) is 0.200. The van der Waals surface area contributed by atoms with Gasteiger partial charge in [-0.15, -0.1) is 0 Å². The maximum atomic E-state index is 3.94. The van der Waals surface area contributed by atoms with Gasteiger partial charge in [0.2, 0.25) is 0 Å². The zero-order valence-corrected chi connectivity index (χ0v) is 37.4. The molecule has 1 aliphatic carbocycles. The molecule has 0 saturated carbocycles. The van der Waals surface area contributed by atoms with Crippen LogP contribution in [0.4, 0.5) is 28.4 Å². The van der Waals surface area contributed by atoms with Crippen LogP contribution in [0.1, 0.15) is 88.8 Å². The summed E-state index contributed by atoms with van der Waals surface area (Å²) in [5.74, 6) is 0. The van der Waals surface area contributed by atoms with E-state index in [4.69, 9.17) is 0 Å². The molecule has 2 heteroatoms. The molecule has 0 amide bonds. The minimum absolute atomic E-state index is 0.0530. The Bertz CT molecular complexity index is 2980. The molecule has 306 valence electrons. The average Bonchev–Trinajstić information content (AvgIpc) is 3.51. The third kappa shape index (κ3) is 6.74. The van der Waals surface area contributed by atoms with Crippen molar-refractivity contribution in [2.45, 2.75) is 78.1 Å². The quantitative estimate of drug-likeness (QED) is 0.180. The van der Waals surface area contributed by atoms with E-state index in [1.165, 1.54) is 95.0 Å². The summed E-state index contributed by atoms with van der Waals surface area (Å²) in [6.45, 7) is 18.6. The molecule has 0 atom stereocenters. The highest BCUT2D eigenvalue weighted by Gasteiger charge is 2.41. The van der Waals surface area contributed by atoms with Crippen molar-refractivity contribution >= 4 is 28.4 Å². The third-order valence-electron chi connectivity index (χ3n) is 13.4. The van der Waals surface area contributed by atoms with Gasteiger partial charge in [0.1, 0.15) is 0 Å². The Morgan fingerprint density at radius 3 is 1.74 bits per heavy atom. The van der Waals surface area contributed by atoms with Gasteiger partial charge in [-0.25, -0.2) is 0 Å². The molecule has 0 unspecified atom stereocenters. The Labute approximate surface area is 369 Å². The zero-order chi connectivity index (χ0) is 43.0. The molecule has 0 spiro atoms. The smallest absolute Gasteiger partial charge is 0.0540 e. The first-order valence-corrected chi connectivity index (χ1v) is 22.2. The van der Waals surface area contributed by atoms with E-state index in [-0.39, 0.29) is 16.2 Å². The number of anilines is 5. The van der Waals surface area contributed by atoms with Crippen molar-refractivity contribution in [3.05, 3.63) is 209 Å². The highest BCUT2D eigenvalue weighted by atomic mass is 15.2. The predicted molar refractivity (Wildman–Crippen MR) is 265 cm³/mol. The predicted octanol–water partition coefficient (Wildman–Crippen LogP) is 16.7. The summed E-state index contributed by atoms with van der Waals surface area (Å²) < 4.78 is 0. The lowest BCUT2D eigenvalue weighted by Gasteiger charge is -2.39. The topological polar surface area (TPSA) is 15.3 Å². The number of para-hydroxylation sites is 1. The normalized spacial score (nSPS) is 13.8. The number of hydrogen-bond acceptors (Lipinski definition) is 2. The summed E-state index contributed by atoms with van der Waals surface area (Å²) >= 11 is 0. The number of hydrogen-bond donors (Lipinski definition) is 1. The molecule has 0 saturated heterocycles. The molecule has 2 aliphatic rings. The summed E-state index contributed by atoms with van der Waals surface area (Å²) in [7, 11) is 0. The van der Waals surface area contributed by atoms with Crippen LogP contribution in [0.25, 0.3) is 44.5 Å². The van der Waals surface area contributed by atoms with Crippen molar-refractivity contribution in [1.29, 1.82) is 0 Å². The molecule has 10 rings (SSSR count). The van der Waals surface area contributed by atoms with E-state index in [0.717, 1.165) is 17.8 Å². The highest BCUT2D eigenvalue weighted by Crippen LogP contribution is 2.58. The maximum absolute atomic E-state index is 3.94. The molecule has 0 bridgehead atoms. The van der Waals surface area contributed by atoms with Crippen LogP contribution < -0.4 is 10.2 Å². The Hall–Kier alpha value is -6.64. The first-order valence-electron chi connectivity index (χ1n) is 22.2. The van der Waals surface area contributed by atoms with E-state index in [0.29, 0.717) is 0 Å². The Kier molecular flexibility index (Phi) is 9.41. The third-order valence-corrected chi connectivity index (χ3v) is 13.4. The molecular formula is C60H56N2. The van der Waals surface area contributed by atoms with Gasteiger partial charge in [0, 0.05) is 34.3 Å². The van der Waals surface area contributed by atoms with Crippen LogP contribution in [0.15, 0.2) is 176 Å². The largest absolute Gasteiger partial charge is 0.355 e. The van der Waals surface area contributed by atoms with Crippen molar-refractivity contribution in [1.82, 2.24) is 0 Å². The SMILES string of the molecule is CC(C)(C)c1ccc(Nc2ccc(C(C)(C)C)cc2-c2cc(-c3ccccc3)cc3c2Cc2c(ccc4c2C(C)(C)c2ccccc2-4)N3c2ccccc2-c2ccccc2)cc1. The maximum Gasteiger partial charge on any atom is 0.0540 e. The second-order valence-electron chi connectivity index (χ2n) is 19.9. The molecule has 2 nitrogen and oxygen atoms in total. The van der Waals surface area contributed by atoms with Gasteiger partial charge in [-0.3, -0.25) is 0 Å². The molecule has 1 aliphatic heterocycles.